The number of nitrogens with one attached hydrogen (secondary N) is 1. The van der Waals surface area contributed by atoms with Gasteiger partial charge in [0.25, 0.3) is 5.91 Å². The van der Waals surface area contributed by atoms with Crippen molar-refractivity contribution in [1.29, 1.82) is 0 Å². The fourth-order valence-corrected chi connectivity index (χ4v) is 2.80. The second-order valence-corrected chi connectivity index (χ2v) is 6.77. The van der Waals surface area contributed by atoms with Crippen molar-refractivity contribution in [3.63, 3.8) is 0 Å². The third-order valence-electron chi connectivity index (χ3n) is 4.33. The van der Waals surface area contributed by atoms with Crippen LogP contribution in [-0.2, 0) is 4.79 Å². The van der Waals surface area contributed by atoms with Crippen molar-refractivity contribution >= 4 is 16.7 Å². The molecule has 0 radical (unpaired) electrons. The zero-order chi connectivity index (χ0) is 19.2. The Morgan fingerprint density at radius 2 is 1.67 bits per heavy atom. The van der Waals surface area contributed by atoms with Crippen molar-refractivity contribution in [1.82, 2.24) is 5.32 Å². The first kappa shape index (κ1) is 18.8. The molecule has 140 valence electrons. The normalized spacial score (nSPS) is 13.0. The lowest BCUT2D eigenvalue weighted by atomic mass is 10.1. The van der Waals surface area contributed by atoms with Crippen LogP contribution in [-0.4, -0.2) is 24.7 Å². The quantitative estimate of drug-likeness (QED) is 0.672. The Labute approximate surface area is 160 Å². The fraction of sp³-hybridized carbons (Fsp3) is 0.261. The topological polar surface area (TPSA) is 47.6 Å². The fourth-order valence-electron chi connectivity index (χ4n) is 2.80. The molecule has 1 amide bonds. The van der Waals surface area contributed by atoms with E-state index in [9.17, 15) is 4.79 Å². The van der Waals surface area contributed by atoms with Crippen LogP contribution >= 0.6 is 0 Å². The molecule has 2 atom stereocenters. The Kier molecular flexibility index (Phi) is 5.97. The minimum absolute atomic E-state index is 0.127. The minimum Gasteiger partial charge on any atom is -0.491 e. The Balaban J connectivity index is 1.54. The van der Waals surface area contributed by atoms with Crippen molar-refractivity contribution in [3.05, 3.63) is 72.3 Å². The van der Waals surface area contributed by atoms with Gasteiger partial charge in [0, 0.05) is 5.39 Å². The molecule has 0 saturated carbocycles. The molecule has 0 aromatic heterocycles. The Hall–Kier alpha value is -3.01. The molecule has 0 bridgehead atoms. The third-order valence-corrected chi connectivity index (χ3v) is 4.33. The number of amides is 1. The lowest BCUT2D eigenvalue weighted by Gasteiger charge is -2.20. The lowest BCUT2D eigenvalue weighted by molar-refractivity contribution is -0.128. The SMILES string of the molecule is Cc1ccc(OC[C@H](C)NC(=O)[C@H](C)Oc2cccc3ccccc23)cc1. The molecule has 1 N–H and O–H groups in total. The average molecular weight is 363 g/mol. The van der Waals surface area contributed by atoms with Gasteiger partial charge in [0.1, 0.15) is 18.1 Å². The largest absolute Gasteiger partial charge is 0.491 e. The summed E-state index contributed by atoms with van der Waals surface area (Å²) in [4.78, 5) is 12.5. The molecule has 3 aromatic rings. The highest BCUT2D eigenvalue weighted by molar-refractivity contribution is 5.89. The van der Waals surface area contributed by atoms with Crippen LogP contribution in [0.3, 0.4) is 0 Å². The van der Waals surface area contributed by atoms with Crippen molar-refractivity contribution in [2.24, 2.45) is 0 Å². The molecule has 0 aliphatic heterocycles. The van der Waals surface area contributed by atoms with E-state index in [-0.39, 0.29) is 11.9 Å². The number of aryl methyl sites for hydroxylation is 1. The second kappa shape index (κ2) is 8.58. The predicted octanol–water partition coefficient (Wildman–Crippen LogP) is 4.50. The minimum atomic E-state index is -0.599. The number of hydrogen-bond acceptors (Lipinski definition) is 3. The van der Waals surface area contributed by atoms with Crippen LogP contribution in [0.2, 0.25) is 0 Å². The highest BCUT2D eigenvalue weighted by Gasteiger charge is 2.18. The summed E-state index contributed by atoms with van der Waals surface area (Å²) in [5.74, 6) is 1.34. The van der Waals surface area contributed by atoms with Crippen molar-refractivity contribution < 1.29 is 14.3 Å². The third kappa shape index (κ3) is 5.00. The van der Waals surface area contributed by atoms with E-state index in [0.29, 0.717) is 12.4 Å². The molecule has 3 rings (SSSR count). The van der Waals surface area contributed by atoms with Gasteiger partial charge in [-0.05, 0) is 44.4 Å². The number of hydrogen-bond donors (Lipinski definition) is 1. The predicted molar refractivity (Wildman–Crippen MR) is 108 cm³/mol. The zero-order valence-corrected chi connectivity index (χ0v) is 15.9. The summed E-state index contributed by atoms with van der Waals surface area (Å²) in [5, 5.41) is 5.02. The van der Waals surface area contributed by atoms with Gasteiger partial charge in [-0.15, -0.1) is 0 Å². The van der Waals surface area contributed by atoms with Gasteiger partial charge in [-0.25, -0.2) is 0 Å². The van der Waals surface area contributed by atoms with Gasteiger partial charge >= 0.3 is 0 Å². The molecule has 0 unspecified atom stereocenters. The molecule has 0 spiro atoms. The summed E-state index contributed by atoms with van der Waals surface area (Å²) in [7, 11) is 0. The molecular formula is C23H25NO3. The first-order valence-electron chi connectivity index (χ1n) is 9.17. The van der Waals surface area contributed by atoms with Crippen LogP contribution in [0.15, 0.2) is 66.7 Å². The number of fused-ring (bicyclic) bond motifs is 1. The van der Waals surface area contributed by atoms with Gasteiger partial charge in [-0.2, -0.15) is 0 Å². The number of benzene rings is 3. The lowest BCUT2D eigenvalue weighted by Crippen LogP contribution is -2.43. The summed E-state index contributed by atoms with van der Waals surface area (Å²) in [5.41, 5.74) is 1.18. The van der Waals surface area contributed by atoms with Crippen LogP contribution in [0, 0.1) is 6.92 Å². The summed E-state index contributed by atoms with van der Waals surface area (Å²) < 4.78 is 11.6. The van der Waals surface area contributed by atoms with Crippen LogP contribution in [0.5, 0.6) is 11.5 Å². The summed E-state index contributed by atoms with van der Waals surface area (Å²) in [6.45, 7) is 6.10. The van der Waals surface area contributed by atoms with Crippen LogP contribution in [0.25, 0.3) is 10.8 Å². The van der Waals surface area contributed by atoms with E-state index in [0.717, 1.165) is 16.5 Å². The highest BCUT2D eigenvalue weighted by atomic mass is 16.5. The maximum atomic E-state index is 12.5. The van der Waals surface area contributed by atoms with Crippen LogP contribution in [0.4, 0.5) is 0 Å². The smallest absolute Gasteiger partial charge is 0.261 e. The van der Waals surface area contributed by atoms with Crippen molar-refractivity contribution in [2.45, 2.75) is 32.9 Å². The molecule has 0 fully saturated rings. The van der Waals surface area contributed by atoms with E-state index < -0.39 is 6.10 Å². The molecule has 3 aromatic carbocycles. The van der Waals surface area contributed by atoms with E-state index in [1.54, 1.807) is 6.92 Å². The molecule has 27 heavy (non-hydrogen) atoms. The monoisotopic (exact) mass is 363 g/mol. The van der Waals surface area contributed by atoms with E-state index in [4.69, 9.17) is 9.47 Å². The Morgan fingerprint density at radius 3 is 2.44 bits per heavy atom. The zero-order valence-electron chi connectivity index (χ0n) is 15.9. The van der Waals surface area contributed by atoms with E-state index in [1.807, 2.05) is 80.6 Å². The average Bonchev–Trinajstić information content (AvgIpc) is 2.68. The van der Waals surface area contributed by atoms with Crippen LogP contribution < -0.4 is 14.8 Å². The second-order valence-electron chi connectivity index (χ2n) is 6.77. The van der Waals surface area contributed by atoms with E-state index in [1.165, 1.54) is 5.56 Å². The molecule has 0 aliphatic rings. The summed E-state index contributed by atoms with van der Waals surface area (Å²) in [6.07, 6.45) is -0.599. The van der Waals surface area contributed by atoms with Gasteiger partial charge in [-0.3, -0.25) is 4.79 Å². The van der Waals surface area contributed by atoms with E-state index in [2.05, 4.69) is 5.32 Å². The molecule has 0 saturated heterocycles. The number of rotatable bonds is 7. The van der Waals surface area contributed by atoms with Gasteiger partial charge in [0.2, 0.25) is 0 Å². The molecular weight excluding hydrogens is 338 g/mol. The standard InChI is InChI=1S/C23H25NO3/c1-16-11-13-20(14-12-16)26-15-17(2)24-23(25)18(3)27-22-10-6-8-19-7-4-5-9-21(19)22/h4-14,17-18H,15H2,1-3H3,(H,24,25)/t17-,18-/m0/s1. The van der Waals surface area contributed by atoms with Gasteiger partial charge in [0.15, 0.2) is 6.10 Å². The highest BCUT2D eigenvalue weighted by Crippen LogP contribution is 2.26. The summed E-state index contributed by atoms with van der Waals surface area (Å²) >= 11 is 0. The van der Waals surface area contributed by atoms with Gasteiger partial charge in [-0.1, -0.05) is 54.1 Å². The number of ether oxygens (including phenoxy) is 2. The van der Waals surface area contributed by atoms with E-state index >= 15 is 0 Å². The number of carbonyl (C=O) groups excluding carboxylic acids is 1. The van der Waals surface area contributed by atoms with Crippen molar-refractivity contribution in [3.8, 4) is 11.5 Å². The maximum Gasteiger partial charge on any atom is 0.261 e. The Morgan fingerprint density at radius 1 is 0.963 bits per heavy atom. The molecule has 0 heterocycles. The first-order chi connectivity index (χ1) is 13.0. The molecule has 4 nitrogen and oxygen atoms in total. The van der Waals surface area contributed by atoms with Crippen LogP contribution in [0.1, 0.15) is 19.4 Å². The summed E-state index contributed by atoms with van der Waals surface area (Å²) in [6, 6.07) is 21.5. The molecule has 0 aliphatic carbocycles. The van der Waals surface area contributed by atoms with Gasteiger partial charge in [0.05, 0.1) is 6.04 Å². The Bertz CT molecular complexity index is 900. The number of carbonyl (C=O) groups is 1. The van der Waals surface area contributed by atoms with Crippen molar-refractivity contribution in [2.75, 3.05) is 6.61 Å². The maximum absolute atomic E-state index is 12.5. The first-order valence-corrected chi connectivity index (χ1v) is 9.17. The molecule has 4 heteroatoms. The van der Waals surface area contributed by atoms with Gasteiger partial charge < -0.3 is 14.8 Å².